The van der Waals surface area contributed by atoms with Crippen molar-refractivity contribution in [2.24, 2.45) is 0 Å². The zero-order valence-electron chi connectivity index (χ0n) is 12.5. The van der Waals surface area contributed by atoms with Crippen molar-refractivity contribution in [3.05, 3.63) is 72.5 Å². The molecule has 0 aliphatic heterocycles. The Bertz CT molecular complexity index is 959. The molecule has 0 saturated heterocycles. The van der Waals surface area contributed by atoms with E-state index in [4.69, 9.17) is 4.42 Å². The second-order valence-electron chi connectivity index (χ2n) is 5.10. The summed E-state index contributed by atoms with van der Waals surface area (Å²) >= 11 is 1.53. The minimum atomic E-state index is -0.341. The molecular weight excluding hydrogens is 322 g/mol. The fourth-order valence-electron chi connectivity index (χ4n) is 2.26. The summed E-state index contributed by atoms with van der Waals surface area (Å²) in [5.41, 5.74) is 7.16. The van der Waals surface area contributed by atoms with Gasteiger partial charge in [-0.05, 0) is 36.4 Å². The van der Waals surface area contributed by atoms with Gasteiger partial charge < -0.3 is 4.42 Å². The van der Waals surface area contributed by atoms with Crippen LogP contribution >= 0.6 is 11.3 Å². The van der Waals surface area contributed by atoms with Gasteiger partial charge in [-0.15, -0.1) is 11.3 Å². The van der Waals surface area contributed by atoms with Crippen LogP contribution in [-0.4, -0.2) is 10.9 Å². The normalized spacial score (nSPS) is 10.7. The van der Waals surface area contributed by atoms with Crippen LogP contribution < -0.4 is 10.9 Å². The van der Waals surface area contributed by atoms with Crippen LogP contribution in [0.15, 0.2) is 71.1 Å². The molecule has 4 aromatic rings. The highest BCUT2D eigenvalue weighted by atomic mass is 32.1. The summed E-state index contributed by atoms with van der Waals surface area (Å²) in [7, 11) is 0. The number of amides is 1. The van der Waals surface area contributed by atoms with Crippen LogP contribution in [0.4, 0.5) is 5.69 Å². The van der Waals surface area contributed by atoms with Crippen molar-refractivity contribution in [1.82, 2.24) is 10.4 Å². The summed E-state index contributed by atoms with van der Waals surface area (Å²) in [5, 5.41) is 0.756. The number of hydrogen-bond donors (Lipinski definition) is 2. The van der Waals surface area contributed by atoms with Crippen molar-refractivity contribution in [2.45, 2.75) is 0 Å². The quantitative estimate of drug-likeness (QED) is 0.545. The molecule has 0 radical (unpaired) electrons. The van der Waals surface area contributed by atoms with E-state index >= 15 is 0 Å². The number of furan rings is 1. The molecule has 2 aromatic carbocycles. The van der Waals surface area contributed by atoms with E-state index in [1.807, 2.05) is 54.6 Å². The lowest BCUT2D eigenvalue weighted by Crippen LogP contribution is -2.28. The standard InChI is InChI=1S/C18H13N3O2S/c22-17(21-20-12-6-2-1-3-7-12)14-10-11-15(23-14)18-19-13-8-4-5-9-16(13)24-18/h1-11,20H,(H,21,22). The van der Waals surface area contributed by atoms with E-state index in [0.29, 0.717) is 5.76 Å². The van der Waals surface area contributed by atoms with Crippen LogP contribution in [0.25, 0.3) is 21.0 Å². The molecule has 118 valence electrons. The fourth-order valence-corrected chi connectivity index (χ4v) is 3.19. The molecule has 1 amide bonds. The first kappa shape index (κ1) is 14.5. The van der Waals surface area contributed by atoms with Gasteiger partial charge in [0.15, 0.2) is 16.5 Å². The summed E-state index contributed by atoms with van der Waals surface area (Å²) in [6.45, 7) is 0. The van der Waals surface area contributed by atoms with Crippen molar-refractivity contribution in [2.75, 3.05) is 5.43 Å². The third-order valence-corrected chi connectivity index (χ3v) is 4.48. The molecule has 2 N–H and O–H groups in total. The number of rotatable bonds is 4. The number of carbonyl (C=O) groups is 1. The third kappa shape index (κ3) is 2.87. The van der Waals surface area contributed by atoms with Gasteiger partial charge in [-0.25, -0.2) is 4.98 Å². The van der Waals surface area contributed by atoms with Crippen LogP contribution in [0.5, 0.6) is 0 Å². The molecule has 0 fully saturated rings. The molecule has 2 aromatic heterocycles. The predicted octanol–water partition coefficient (Wildman–Crippen LogP) is 4.31. The fraction of sp³-hybridized carbons (Fsp3) is 0. The van der Waals surface area contributed by atoms with E-state index in [0.717, 1.165) is 20.9 Å². The molecule has 0 saturated carbocycles. The highest BCUT2D eigenvalue weighted by molar-refractivity contribution is 7.21. The van der Waals surface area contributed by atoms with Gasteiger partial charge >= 0.3 is 5.91 Å². The lowest BCUT2D eigenvalue weighted by molar-refractivity contribution is 0.0936. The monoisotopic (exact) mass is 335 g/mol. The number of hydrazine groups is 1. The molecule has 0 aliphatic carbocycles. The summed E-state index contributed by atoms with van der Waals surface area (Å²) in [5.74, 6) is 0.472. The maximum atomic E-state index is 12.2. The van der Waals surface area contributed by atoms with Gasteiger partial charge in [0.05, 0.1) is 15.9 Å². The first-order chi connectivity index (χ1) is 11.8. The van der Waals surface area contributed by atoms with Crippen molar-refractivity contribution in [3.63, 3.8) is 0 Å². The lowest BCUT2D eigenvalue weighted by atomic mass is 10.3. The third-order valence-electron chi connectivity index (χ3n) is 3.43. The molecule has 4 rings (SSSR count). The Kier molecular flexibility index (Phi) is 3.72. The Hall–Kier alpha value is -3.12. The minimum Gasteiger partial charge on any atom is -0.448 e. The van der Waals surface area contributed by atoms with Crippen LogP contribution in [0.2, 0.25) is 0 Å². The second-order valence-corrected chi connectivity index (χ2v) is 6.13. The SMILES string of the molecule is O=C(NNc1ccccc1)c1ccc(-c2nc3ccccc3s2)o1. The summed E-state index contributed by atoms with van der Waals surface area (Å²) in [6.07, 6.45) is 0. The number of anilines is 1. The maximum Gasteiger partial charge on any atom is 0.305 e. The van der Waals surface area contributed by atoms with E-state index in [1.54, 1.807) is 12.1 Å². The molecule has 6 heteroatoms. The van der Waals surface area contributed by atoms with Gasteiger partial charge in [-0.2, -0.15) is 0 Å². The number of carbonyl (C=O) groups excluding carboxylic acids is 1. The smallest absolute Gasteiger partial charge is 0.305 e. The van der Waals surface area contributed by atoms with E-state index in [-0.39, 0.29) is 11.7 Å². The number of nitrogens with one attached hydrogen (secondary N) is 2. The lowest BCUT2D eigenvalue weighted by Gasteiger charge is -2.06. The van der Waals surface area contributed by atoms with E-state index in [2.05, 4.69) is 15.8 Å². The van der Waals surface area contributed by atoms with Gasteiger partial charge in [0, 0.05) is 0 Å². The van der Waals surface area contributed by atoms with Crippen LogP contribution in [-0.2, 0) is 0 Å². The highest BCUT2D eigenvalue weighted by Crippen LogP contribution is 2.31. The number of thiazole rings is 1. The molecule has 0 bridgehead atoms. The van der Waals surface area contributed by atoms with E-state index in [1.165, 1.54) is 11.3 Å². The van der Waals surface area contributed by atoms with Crippen molar-refractivity contribution < 1.29 is 9.21 Å². The molecule has 2 heterocycles. The Morgan fingerprint density at radius 3 is 2.58 bits per heavy atom. The molecular formula is C18H13N3O2S. The predicted molar refractivity (Wildman–Crippen MR) is 94.9 cm³/mol. The average Bonchev–Trinajstić information content (AvgIpc) is 3.27. The van der Waals surface area contributed by atoms with Gasteiger partial charge in [0.2, 0.25) is 0 Å². The largest absolute Gasteiger partial charge is 0.448 e. The Morgan fingerprint density at radius 1 is 0.958 bits per heavy atom. The van der Waals surface area contributed by atoms with Gasteiger partial charge in [-0.3, -0.25) is 15.6 Å². The van der Waals surface area contributed by atoms with Gasteiger partial charge in [-0.1, -0.05) is 30.3 Å². The first-order valence-corrected chi connectivity index (χ1v) is 8.18. The van der Waals surface area contributed by atoms with Crippen LogP contribution in [0, 0.1) is 0 Å². The summed E-state index contributed by atoms with van der Waals surface area (Å²) in [6, 6.07) is 20.7. The topological polar surface area (TPSA) is 67.2 Å². The number of hydrogen-bond acceptors (Lipinski definition) is 5. The van der Waals surface area contributed by atoms with Gasteiger partial charge in [0.1, 0.15) is 0 Å². The molecule has 0 unspecified atom stereocenters. The molecule has 0 atom stereocenters. The molecule has 24 heavy (non-hydrogen) atoms. The zero-order chi connectivity index (χ0) is 16.4. The van der Waals surface area contributed by atoms with Gasteiger partial charge in [0.25, 0.3) is 0 Å². The van der Waals surface area contributed by atoms with Crippen LogP contribution in [0.1, 0.15) is 10.6 Å². The number of aromatic nitrogens is 1. The van der Waals surface area contributed by atoms with Crippen molar-refractivity contribution in [1.29, 1.82) is 0 Å². The van der Waals surface area contributed by atoms with E-state index in [9.17, 15) is 4.79 Å². The Labute approximate surface area is 141 Å². The number of nitrogens with zero attached hydrogens (tertiary/aromatic N) is 1. The number of benzene rings is 2. The Morgan fingerprint density at radius 2 is 1.75 bits per heavy atom. The minimum absolute atomic E-state index is 0.229. The zero-order valence-corrected chi connectivity index (χ0v) is 13.3. The summed E-state index contributed by atoms with van der Waals surface area (Å²) < 4.78 is 6.73. The van der Waals surface area contributed by atoms with Crippen molar-refractivity contribution in [3.8, 4) is 10.8 Å². The highest BCUT2D eigenvalue weighted by Gasteiger charge is 2.14. The average molecular weight is 335 g/mol. The second kappa shape index (κ2) is 6.17. The Balaban J connectivity index is 1.50. The van der Waals surface area contributed by atoms with Crippen molar-refractivity contribution >= 4 is 33.1 Å². The molecule has 5 nitrogen and oxygen atoms in total. The first-order valence-electron chi connectivity index (χ1n) is 7.37. The van der Waals surface area contributed by atoms with E-state index < -0.39 is 0 Å². The molecule has 0 spiro atoms. The van der Waals surface area contributed by atoms with Crippen LogP contribution in [0.3, 0.4) is 0 Å². The molecule has 0 aliphatic rings. The maximum absolute atomic E-state index is 12.2. The number of para-hydroxylation sites is 2. The number of fused-ring (bicyclic) bond motifs is 1. The summed E-state index contributed by atoms with van der Waals surface area (Å²) in [4.78, 5) is 16.7.